The summed E-state index contributed by atoms with van der Waals surface area (Å²) in [5.74, 6) is -0.342. The molecule has 1 amide bonds. The standard InChI is InChI=1S/C13H18N4O3.ClH/c1-9-11(6-10(7-15-9)17(19)20)12(18)16-13(8-14)4-2-3-5-13;/h6-7H,2-5,8,14H2,1H3,(H,16,18);1H. The normalized spacial score (nSPS) is 16.1. The number of aryl methyl sites for hydroxylation is 1. The Morgan fingerprint density at radius 3 is 2.67 bits per heavy atom. The highest BCUT2D eigenvalue weighted by atomic mass is 35.5. The highest BCUT2D eigenvalue weighted by molar-refractivity contribution is 5.96. The third kappa shape index (κ3) is 3.68. The van der Waals surface area contributed by atoms with Gasteiger partial charge in [0.1, 0.15) is 6.20 Å². The smallest absolute Gasteiger partial charge is 0.288 e. The molecule has 1 aliphatic rings. The Balaban J connectivity index is 0.00000220. The van der Waals surface area contributed by atoms with E-state index in [0.29, 0.717) is 12.2 Å². The Hall–Kier alpha value is -1.73. The summed E-state index contributed by atoms with van der Waals surface area (Å²) in [7, 11) is 0. The summed E-state index contributed by atoms with van der Waals surface area (Å²) in [5, 5.41) is 13.7. The molecule has 2 rings (SSSR count). The number of hydrogen-bond acceptors (Lipinski definition) is 5. The molecule has 1 aromatic heterocycles. The van der Waals surface area contributed by atoms with Gasteiger partial charge >= 0.3 is 0 Å². The van der Waals surface area contributed by atoms with Crippen molar-refractivity contribution >= 4 is 24.0 Å². The predicted octanol–water partition coefficient (Wildman–Crippen LogP) is 1.72. The summed E-state index contributed by atoms with van der Waals surface area (Å²) in [4.78, 5) is 26.4. The number of nitrogens with zero attached hydrogens (tertiary/aromatic N) is 2. The van der Waals surface area contributed by atoms with Gasteiger partial charge in [-0.3, -0.25) is 19.9 Å². The first-order chi connectivity index (χ1) is 9.47. The van der Waals surface area contributed by atoms with E-state index < -0.39 is 4.92 Å². The van der Waals surface area contributed by atoms with Crippen LogP contribution in [0.25, 0.3) is 0 Å². The van der Waals surface area contributed by atoms with Crippen LogP contribution in [0, 0.1) is 17.0 Å². The van der Waals surface area contributed by atoms with Gasteiger partial charge in [-0.25, -0.2) is 0 Å². The third-order valence-corrected chi connectivity index (χ3v) is 3.86. The van der Waals surface area contributed by atoms with Gasteiger partial charge in [0.05, 0.1) is 21.7 Å². The molecule has 8 heteroatoms. The van der Waals surface area contributed by atoms with E-state index in [1.807, 2.05) is 0 Å². The number of nitrogens with two attached hydrogens (primary N) is 1. The van der Waals surface area contributed by atoms with E-state index in [1.165, 1.54) is 6.07 Å². The fraction of sp³-hybridized carbons (Fsp3) is 0.538. The number of nitro groups is 1. The highest BCUT2D eigenvalue weighted by Gasteiger charge is 2.34. The average molecular weight is 315 g/mol. The first-order valence-corrected chi connectivity index (χ1v) is 6.61. The number of hydrogen-bond donors (Lipinski definition) is 2. The molecule has 0 radical (unpaired) electrons. The van der Waals surface area contributed by atoms with Gasteiger partial charge in [-0.1, -0.05) is 12.8 Å². The molecule has 3 N–H and O–H groups in total. The molecule has 116 valence electrons. The number of nitrogens with one attached hydrogen (secondary N) is 1. The SMILES string of the molecule is Cc1ncc([N+](=O)[O-])cc1C(=O)NC1(CN)CCCC1.Cl. The second-order valence-corrected chi connectivity index (χ2v) is 5.23. The minimum atomic E-state index is -0.558. The molecular weight excluding hydrogens is 296 g/mol. The molecule has 0 bridgehead atoms. The Bertz CT molecular complexity index is 544. The molecule has 1 heterocycles. The van der Waals surface area contributed by atoms with Gasteiger partial charge in [0.15, 0.2) is 0 Å². The van der Waals surface area contributed by atoms with Crippen LogP contribution in [0.15, 0.2) is 12.3 Å². The lowest BCUT2D eigenvalue weighted by atomic mass is 9.97. The minimum absolute atomic E-state index is 0. The van der Waals surface area contributed by atoms with Crippen LogP contribution < -0.4 is 11.1 Å². The van der Waals surface area contributed by atoms with E-state index in [9.17, 15) is 14.9 Å². The molecule has 1 fully saturated rings. The Morgan fingerprint density at radius 2 is 2.14 bits per heavy atom. The summed E-state index contributed by atoms with van der Waals surface area (Å²) in [6.07, 6.45) is 4.90. The van der Waals surface area contributed by atoms with E-state index in [-0.39, 0.29) is 35.1 Å². The van der Waals surface area contributed by atoms with Crippen LogP contribution >= 0.6 is 12.4 Å². The fourth-order valence-corrected chi connectivity index (χ4v) is 2.59. The number of carbonyl (C=O) groups is 1. The lowest BCUT2D eigenvalue weighted by Crippen LogP contribution is -2.51. The first kappa shape index (κ1) is 17.3. The quantitative estimate of drug-likeness (QED) is 0.649. The predicted molar refractivity (Wildman–Crippen MR) is 80.6 cm³/mol. The molecule has 1 aliphatic carbocycles. The minimum Gasteiger partial charge on any atom is -0.345 e. The van der Waals surface area contributed by atoms with Crippen molar-refractivity contribution < 1.29 is 9.72 Å². The van der Waals surface area contributed by atoms with Gasteiger partial charge in [-0.15, -0.1) is 12.4 Å². The molecule has 7 nitrogen and oxygen atoms in total. The molecule has 0 aromatic carbocycles. The number of rotatable bonds is 4. The third-order valence-electron chi connectivity index (χ3n) is 3.86. The number of halogens is 1. The molecule has 0 spiro atoms. The van der Waals surface area contributed by atoms with Gasteiger partial charge in [0.2, 0.25) is 0 Å². The lowest BCUT2D eigenvalue weighted by molar-refractivity contribution is -0.385. The Labute approximate surface area is 128 Å². The van der Waals surface area contributed by atoms with Crippen molar-refractivity contribution in [3.05, 3.63) is 33.6 Å². The van der Waals surface area contributed by atoms with Crippen molar-refractivity contribution in [2.75, 3.05) is 6.54 Å². The maximum Gasteiger partial charge on any atom is 0.288 e. The van der Waals surface area contributed by atoms with Crippen LogP contribution in [0.3, 0.4) is 0 Å². The zero-order valence-electron chi connectivity index (χ0n) is 11.8. The van der Waals surface area contributed by atoms with Crippen molar-refractivity contribution in [2.24, 2.45) is 5.73 Å². The fourth-order valence-electron chi connectivity index (χ4n) is 2.59. The number of carbonyl (C=O) groups excluding carboxylic acids is 1. The monoisotopic (exact) mass is 314 g/mol. The number of amides is 1. The molecule has 1 aromatic rings. The van der Waals surface area contributed by atoms with Crippen molar-refractivity contribution in [2.45, 2.75) is 38.1 Å². The maximum atomic E-state index is 12.3. The van der Waals surface area contributed by atoms with Gasteiger partial charge in [-0.2, -0.15) is 0 Å². The summed E-state index contributed by atoms with van der Waals surface area (Å²) in [6, 6.07) is 1.26. The molecule has 0 saturated heterocycles. The van der Waals surface area contributed by atoms with Crippen LogP contribution in [0.4, 0.5) is 5.69 Å². The lowest BCUT2D eigenvalue weighted by Gasteiger charge is -2.28. The zero-order valence-corrected chi connectivity index (χ0v) is 12.6. The van der Waals surface area contributed by atoms with E-state index >= 15 is 0 Å². The Kier molecular flexibility index (Phi) is 5.62. The van der Waals surface area contributed by atoms with Crippen molar-refractivity contribution in [3.8, 4) is 0 Å². The number of pyridine rings is 1. The maximum absolute atomic E-state index is 12.3. The molecule has 0 unspecified atom stereocenters. The van der Waals surface area contributed by atoms with Crippen LogP contribution in [0.5, 0.6) is 0 Å². The topological polar surface area (TPSA) is 111 Å². The molecule has 0 atom stereocenters. The van der Waals surface area contributed by atoms with E-state index in [4.69, 9.17) is 5.73 Å². The van der Waals surface area contributed by atoms with Crippen molar-refractivity contribution in [1.29, 1.82) is 0 Å². The zero-order chi connectivity index (χ0) is 14.8. The molecular formula is C13H19ClN4O3. The largest absolute Gasteiger partial charge is 0.345 e. The van der Waals surface area contributed by atoms with E-state index in [0.717, 1.165) is 31.9 Å². The second-order valence-electron chi connectivity index (χ2n) is 5.23. The first-order valence-electron chi connectivity index (χ1n) is 6.61. The molecule has 0 aliphatic heterocycles. The Morgan fingerprint density at radius 1 is 1.52 bits per heavy atom. The molecule has 21 heavy (non-hydrogen) atoms. The van der Waals surface area contributed by atoms with Gasteiger partial charge in [0, 0.05) is 12.6 Å². The second kappa shape index (κ2) is 6.82. The van der Waals surface area contributed by atoms with E-state index in [2.05, 4.69) is 10.3 Å². The summed E-state index contributed by atoms with van der Waals surface area (Å²) in [5.41, 5.74) is 5.91. The summed E-state index contributed by atoms with van der Waals surface area (Å²) >= 11 is 0. The van der Waals surface area contributed by atoms with Crippen LogP contribution in [-0.4, -0.2) is 27.9 Å². The van der Waals surface area contributed by atoms with Crippen molar-refractivity contribution in [1.82, 2.24) is 10.3 Å². The number of aromatic nitrogens is 1. The van der Waals surface area contributed by atoms with Crippen LogP contribution in [0.1, 0.15) is 41.7 Å². The molecule has 1 saturated carbocycles. The van der Waals surface area contributed by atoms with Crippen LogP contribution in [0.2, 0.25) is 0 Å². The van der Waals surface area contributed by atoms with E-state index in [1.54, 1.807) is 6.92 Å². The highest BCUT2D eigenvalue weighted by Crippen LogP contribution is 2.29. The van der Waals surface area contributed by atoms with Gasteiger partial charge < -0.3 is 11.1 Å². The van der Waals surface area contributed by atoms with Crippen molar-refractivity contribution in [3.63, 3.8) is 0 Å². The van der Waals surface area contributed by atoms with Crippen LogP contribution in [-0.2, 0) is 0 Å². The van der Waals surface area contributed by atoms with Gasteiger partial charge in [-0.05, 0) is 19.8 Å². The average Bonchev–Trinajstić information content (AvgIpc) is 2.88. The summed E-state index contributed by atoms with van der Waals surface area (Å²) < 4.78 is 0. The van der Waals surface area contributed by atoms with Gasteiger partial charge in [0.25, 0.3) is 11.6 Å². The summed E-state index contributed by atoms with van der Waals surface area (Å²) in [6.45, 7) is 2.03.